The van der Waals surface area contributed by atoms with E-state index in [1.807, 2.05) is 0 Å². The van der Waals surface area contributed by atoms with Crippen molar-refractivity contribution < 1.29 is 19.2 Å². The van der Waals surface area contributed by atoms with Crippen molar-refractivity contribution in [1.82, 2.24) is 14.8 Å². The average molecular weight is 383 g/mol. The number of nitro groups is 1. The second-order valence-electron chi connectivity index (χ2n) is 6.15. The fourth-order valence-corrected chi connectivity index (χ4v) is 2.64. The number of hydrogen-bond donors (Lipinski definition) is 1. The highest BCUT2D eigenvalue weighted by Gasteiger charge is 2.21. The van der Waals surface area contributed by atoms with Crippen LogP contribution in [0.15, 0.2) is 36.5 Å². The first-order chi connectivity index (χ1) is 13.3. The van der Waals surface area contributed by atoms with Gasteiger partial charge in [0, 0.05) is 36.5 Å². The lowest BCUT2D eigenvalue weighted by Gasteiger charge is -2.13. The van der Waals surface area contributed by atoms with Gasteiger partial charge >= 0.3 is 5.97 Å². The number of aryl methyl sites for hydroxylation is 2. The molecule has 3 rings (SSSR count). The number of ether oxygens (including phenoxy) is 1. The van der Waals surface area contributed by atoms with Gasteiger partial charge in [-0.25, -0.2) is 9.78 Å². The number of pyridine rings is 1. The summed E-state index contributed by atoms with van der Waals surface area (Å²) in [6.07, 6.45) is 0.245. The van der Waals surface area contributed by atoms with E-state index in [9.17, 15) is 19.7 Å². The Morgan fingerprint density at radius 1 is 1.32 bits per heavy atom. The summed E-state index contributed by atoms with van der Waals surface area (Å²) in [7, 11) is 1.75. The molecular formula is C18H17N5O5. The first-order valence-electron chi connectivity index (χ1n) is 8.32. The summed E-state index contributed by atoms with van der Waals surface area (Å²) in [6.45, 7) is 3.21. The van der Waals surface area contributed by atoms with Crippen LogP contribution in [0.1, 0.15) is 23.0 Å². The zero-order valence-electron chi connectivity index (χ0n) is 15.4. The molecular weight excluding hydrogens is 366 g/mol. The molecule has 0 aliphatic rings. The van der Waals surface area contributed by atoms with Crippen LogP contribution in [0.4, 0.5) is 11.4 Å². The van der Waals surface area contributed by atoms with Gasteiger partial charge in [-0.05, 0) is 26.0 Å². The van der Waals surface area contributed by atoms with E-state index in [0.29, 0.717) is 11.0 Å². The molecule has 0 radical (unpaired) electrons. The SMILES string of the molecule is Cc1nn(C)c2ncc(C(=O)OC(C)C(=O)Nc3cccc([N+](=O)[O-])c3)cc12. The molecule has 10 nitrogen and oxygen atoms in total. The number of amides is 1. The van der Waals surface area contributed by atoms with Gasteiger partial charge in [0.1, 0.15) is 0 Å². The molecule has 1 atom stereocenters. The Kier molecular flexibility index (Phi) is 5.03. The predicted molar refractivity (Wildman–Crippen MR) is 99.8 cm³/mol. The zero-order chi connectivity index (χ0) is 20.4. The van der Waals surface area contributed by atoms with Crippen molar-refractivity contribution in [3.8, 4) is 0 Å². The molecule has 1 aromatic carbocycles. The number of hydrogen-bond acceptors (Lipinski definition) is 7. The van der Waals surface area contributed by atoms with Crippen LogP contribution in [0, 0.1) is 17.0 Å². The molecule has 1 N–H and O–H groups in total. The molecule has 0 spiro atoms. The van der Waals surface area contributed by atoms with Crippen LogP contribution in [0.3, 0.4) is 0 Å². The Labute approximate surface area is 159 Å². The summed E-state index contributed by atoms with van der Waals surface area (Å²) >= 11 is 0. The van der Waals surface area contributed by atoms with E-state index in [4.69, 9.17) is 4.74 Å². The summed E-state index contributed by atoms with van der Waals surface area (Å²) in [5.41, 5.74) is 1.62. The lowest BCUT2D eigenvalue weighted by Crippen LogP contribution is -2.30. The maximum Gasteiger partial charge on any atom is 0.340 e. The number of nitro benzene ring substituents is 1. The Bertz CT molecular complexity index is 1090. The van der Waals surface area contributed by atoms with Crippen LogP contribution in [0.5, 0.6) is 0 Å². The summed E-state index contributed by atoms with van der Waals surface area (Å²) in [5, 5.41) is 18.2. The Balaban J connectivity index is 1.70. The minimum absolute atomic E-state index is 0.159. The van der Waals surface area contributed by atoms with Gasteiger partial charge in [-0.1, -0.05) is 6.07 Å². The van der Waals surface area contributed by atoms with Gasteiger partial charge in [0.15, 0.2) is 11.8 Å². The van der Waals surface area contributed by atoms with Crippen LogP contribution in [-0.4, -0.2) is 37.7 Å². The number of aromatic nitrogens is 3. The van der Waals surface area contributed by atoms with Crippen molar-refractivity contribution in [3.05, 3.63) is 57.9 Å². The number of benzene rings is 1. The van der Waals surface area contributed by atoms with E-state index in [0.717, 1.165) is 5.69 Å². The minimum atomic E-state index is -1.11. The third-order valence-electron chi connectivity index (χ3n) is 4.08. The topological polar surface area (TPSA) is 129 Å². The van der Waals surface area contributed by atoms with Crippen LogP contribution in [-0.2, 0) is 16.6 Å². The standard InChI is InChI=1S/C18H17N5O5/c1-10-15-7-12(9-19-16(15)22(3)21-10)18(25)28-11(2)17(24)20-13-5-4-6-14(8-13)23(26)27/h4-9,11H,1-3H3,(H,20,24). The number of rotatable bonds is 5. The fourth-order valence-electron chi connectivity index (χ4n) is 2.64. The number of carbonyl (C=O) groups is 2. The van der Waals surface area contributed by atoms with Crippen LogP contribution in [0.2, 0.25) is 0 Å². The second-order valence-corrected chi connectivity index (χ2v) is 6.15. The molecule has 28 heavy (non-hydrogen) atoms. The van der Waals surface area contributed by atoms with Crippen LogP contribution < -0.4 is 5.32 Å². The third kappa shape index (κ3) is 3.80. The summed E-state index contributed by atoms with van der Waals surface area (Å²) < 4.78 is 6.80. The van der Waals surface area contributed by atoms with E-state index in [-0.39, 0.29) is 16.9 Å². The van der Waals surface area contributed by atoms with Gasteiger partial charge in [-0.2, -0.15) is 5.10 Å². The van der Waals surface area contributed by atoms with Gasteiger partial charge in [-0.15, -0.1) is 0 Å². The van der Waals surface area contributed by atoms with Crippen molar-refractivity contribution in [3.63, 3.8) is 0 Å². The van der Waals surface area contributed by atoms with Crippen LogP contribution in [0.25, 0.3) is 11.0 Å². The Morgan fingerprint density at radius 3 is 2.79 bits per heavy atom. The van der Waals surface area contributed by atoms with Crippen molar-refractivity contribution in [2.24, 2.45) is 7.05 Å². The number of carbonyl (C=O) groups excluding carboxylic acids is 2. The van der Waals surface area contributed by atoms with E-state index in [1.54, 1.807) is 24.7 Å². The van der Waals surface area contributed by atoms with E-state index in [2.05, 4.69) is 15.4 Å². The number of esters is 1. The number of fused-ring (bicyclic) bond motifs is 1. The fraction of sp³-hybridized carbons (Fsp3) is 0.222. The van der Waals surface area contributed by atoms with E-state index >= 15 is 0 Å². The largest absolute Gasteiger partial charge is 0.449 e. The summed E-state index contributed by atoms with van der Waals surface area (Å²) in [4.78, 5) is 39.0. The molecule has 2 heterocycles. The smallest absolute Gasteiger partial charge is 0.340 e. The minimum Gasteiger partial charge on any atom is -0.449 e. The Hall–Kier alpha value is -3.82. The highest BCUT2D eigenvalue weighted by Crippen LogP contribution is 2.19. The van der Waals surface area contributed by atoms with Crippen LogP contribution >= 0.6 is 0 Å². The normalized spacial score (nSPS) is 11.8. The molecule has 0 fully saturated rings. The van der Waals surface area contributed by atoms with Crippen molar-refractivity contribution in [2.45, 2.75) is 20.0 Å². The number of non-ortho nitro benzene ring substituents is 1. The molecule has 0 saturated carbocycles. The van der Waals surface area contributed by atoms with Crippen molar-refractivity contribution in [2.75, 3.05) is 5.32 Å². The molecule has 0 aliphatic carbocycles. The maximum atomic E-state index is 12.4. The second kappa shape index (κ2) is 7.43. The van der Waals surface area contributed by atoms with E-state index < -0.39 is 22.9 Å². The predicted octanol–water partition coefficient (Wildman–Crippen LogP) is 2.37. The number of nitrogens with one attached hydrogen (secondary N) is 1. The van der Waals surface area contributed by atoms with Gasteiger partial charge in [0.2, 0.25) is 0 Å². The molecule has 10 heteroatoms. The first-order valence-corrected chi connectivity index (χ1v) is 8.32. The molecule has 0 bridgehead atoms. The highest BCUT2D eigenvalue weighted by atomic mass is 16.6. The van der Waals surface area contributed by atoms with Crippen molar-refractivity contribution in [1.29, 1.82) is 0 Å². The zero-order valence-corrected chi connectivity index (χ0v) is 15.4. The van der Waals surface area contributed by atoms with Gasteiger partial charge in [-0.3, -0.25) is 19.6 Å². The molecule has 0 saturated heterocycles. The van der Waals surface area contributed by atoms with Crippen molar-refractivity contribution >= 4 is 34.3 Å². The van der Waals surface area contributed by atoms with Gasteiger partial charge in [0.25, 0.3) is 11.6 Å². The molecule has 3 aromatic rings. The molecule has 1 unspecified atom stereocenters. The number of nitrogens with zero attached hydrogens (tertiary/aromatic N) is 4. The maximum absolute atomic E-state index is 12.4. The lowest BCUT2D eigenvalue weighted by molar-refractivity contribution is -0.384. The quantitative estimate of drug-likeness (QED) is 0.407. The molecule has 144 valence electrons. The lowest BCUT2D eigenvalue weighted by atomic mass is 10.2. The van der Waals surface area contributed by atoms with Gasteiger partial charge in [0.05, 0.1) is 16.2 Å². The molecule has 1 amide bonds. The molecule has 0 aliphatic heterocycles. The number of anilines is 1. The highest BCUT2D eigenvalue weighted by molar-refractivity contribution is 5.98. The third-order valence-corrected chi connectivity index (χ3v) is 4.08. The van der Waals surface area contributed by atoms with E-state index in [1.165, 1.54) is 37.4 Å². The average Bonchev–Trinajstić information content (AvgIpc) is 2.95. The summed E-state index contributed by atoms with van der Waals surface area (Å²) in [6, 6.07) is 7.08. The summed E-state index contributed by atoms with van der Waals surface area (Å²) in [5.74, 6) is -1.32. The first kappa shape index (κ1) is 19.0. The molecule has 2 aromatic heterocycles. The van der Waals surface area contributed by atoms with Gasteiger partial charge < -0.3 is 10.1 Å². The monoisotopic (exact) mass is 383 g/mol. The Morgan fingerprint density at radius 2 is 2.07 bits per heavy atom.